The number of carbonyl (C=O) groups excluding carboxylic acids is 1. The summed E-state index contributed by atoms with van der Waals surface area (Å²) in [5, 5.41) is 13.4. The zero-order valence-electron chi connectivity index (χ0n) is 14.1. The summed E-state index contributed by atoms with van der Waals surface area (Å²) in [5.74, 6) is 0.258. The monoisotopic (exact) mass is 356 g/mol. The number of halogens is 1. The van der Waals surface area contributed by atoms with Crippen LogP contribution in [0.4, 0.5) is 10.1 Å². The van der Waals surface area contributed by atoms with Gasteiger partial charge in [0.2, 0.25) is 5.91 Å². The van der Waals surface area contributed by atoms with Gasteiger partial charge < -0.3 is 9.88 Å². The Morgan fingerprint density at radius 3 is 2.69 bits per heavy atom. The smallest absolute Gasteiger partial charge is 0.269 e. The van der Waals surface area contributed by atoms with Crippen molar-refractivity contribution < 1.29 is 14.1 Å². The molecule has 3 rings (SSSR count). The molecule has 0 saturated carbocycles. The molecule has 7 nitrogen and oxygen atoms in total. The third-order valence-electron chi connectivity index (χ3n) is 4.12. The van der Waals surface area contributed by atoms with Crippen molar-refractivity contribution in [3.05, 3.63) is 69.8 Å². The Bertz CT molecular complexity index is 966. The van der Waals surface area contributed by atoms with Gasteiger partial charge in [0, 0.05) is 32.1 Å². The minimum atomic E-state index is -0.480. The summed E-state index contributed by atoms with van der Waals surface area (Å²) in [4.78, 5) is 26.6. The predicted octanol–water partition coefficient (Wildman–Crippen LogP) is 2.52. The number of aromatic nitrogens is 2. The highest BCUT2D eigenvalue weighted by atomic mass is 19.1. The number of nitrogens with zero attached hydrogens (tertiary/aromatic N) is 3. The molecular weight excluding hydrogens is 339 g/mol. The van der Waals surface area contributed by atoms with Crippen LogP contribution in [-0.4, -0.2) is 26.9 Å². The quantitative estimate of drug-likeness (QED) is 0.543. The van der Waals surface area contributed by atoms with E-state index in [1.807, 2.05) is 7.05 Å². The van der Waals surface area contributed by atoms with Crippen LogP contribution < -0.4 is 5.32 Å². The first-order valence-electron chi connectivity index (χ1n) is 8.05. The molecule has 0 atom stereocenters. The number of benzene rings is 2. The van der Waals surface area contributed by atoms with Crippen LogP contribution in [0, 0.1) is 15.9 Å². The van der Waals surface area contributed by atoms with Gasteiger partial charge in [0.1, 0.15) is 11.6 Å². The van der Waals surface area contributed by atoms with E-state index in [2.05, 4.69) is 10.3 Å². The van der Waals surface area contributed by atoms with Crippen molar-refractivity contribution in [1.29, 1.82) is 0 Å². The molecule has 1 N–H and O–H groups in total. The standard InChI is InChI=1S/C18H17FN4O3/c1-22-16-11-13(19)4-7-15(16)21-17(22)8-9-20-18(24)10-12-2-5-14(6-3-12)23(25)26/h2-7,11H,8-10H2,1H3,(H,20,24). The average molecular weight is 356 g/mol. The zero-order chi connectivity index (χ0) is 18.7. The third kappa shape index (κ3) is 3.85. The minimum absolute atomic E-state index is 0.00700. The SMILES string of the molecule is Cn1c(CCNC(=O)Cc2ccc([N+](=O)[O-])cc2)nc2ccc(F)cc21. The number of nitrogens with one attached hydrogen (secondary N) is 1. The Morgan fingerprint density at radius 2 is 2.00 bits per heavy atom. The lowest BCUT2D eigenvalue weighted by molar-refractivity contribution is -0.384. The van der Waals surface area contributed by atoms with E-state index in [0.29, 0.717) is 29.6 Å². The predicted molar refractivity (Wildman–Crippen MR) is 94.2 cm³/mol. The zero-order valence-corrected chi connectivity index (χ0v) is 14.1. The largest absolute Gasteiger partial charge is 0.355 e. The Morgan fingerprint density at radius 1 is 1.27 bits per heavy atom. The summed E-state index contributed by atoms with van der Waals surface area (Å²) in [5.41, 5.74) is 2.11. The molecular formula is C18H17FN4O3. The van der Waals surface area contributed by atoms with Crippen LogP contribution >= 0.6 is 0 Å². The fraction of sp³-hybridized carbons (Fsp3) is 0.222. The highest BCUT2D eigenvalue weighted by molar-refractivity contribution is 5.78. The second-order valence-corrected chi connectivity index (χ2v) is 5.92. The normalized spacial score (nSPS) is 10.8. The highest BCUT2D eigenvalue weighted by Crippen LogP contribution is 2.16. The lowest BCUT2D eigenvalue weighted by Crippen LogP contribution is -2.27. The molecule has 26 heavy (non-hydrogen) atoms. The number of carbonyl (C=O) groups is 1. The van der Waals surface area contributed by atoms with Gasteiger partial charge >= 0.3 is 0 Å². The van der Waals surface area contributed by atoms with Crippen molar-refractivity contribution in [2.75, 3.05) is 6.54 Å². The number of fused-ring (bicyclic) bond motifs is 1. The Labute approximate surface area is 148 Å². The van der Waals surface area contributed by atoms with Gasteiger partial charge in [0.25, 0.3) is 5.69 Å². The Kier molecular flexibility index (Phi) is 4.92. The van der Waals surface area contributed by atoms with Gasteiger partial charge in [-0.3, -0.25) is 14.9 Å². The van der Waals surface area contributed by atoms with E-state index in [-0.39, 0.29) is 23.8 Å². The van der Waals surface area contributed by atoms with E-state index >= 15 is 0 Å². The molecule has 3 aromatic rings. The van der Waals surface area contributed by atoms with Gasteiger partial charge in [-0.05, 0) is 23.8 Å². The van der Waals surface area contributed by atoms with E-state index in [1.165, 1.54) is 24.3 Å². The van der Waals surface area contributed by atoms with Crippen molar-refractivity contribution in [2.24, 2.45) is 7.05 Å². The summed E-state index contributed by atoms with van der Waals surface area (Å²) in [6.07, 6.45) is 0.657. The third-order valence-corrected chi connectivity index (χ3v) is 4.12. The van der Waals surface area contributed by atoms with Crippen molar-refractivity contribution in [3.8, 4) is 0 Å². The molecule has 8 heteroatoms. The van der Waals surface area contributed by atoms with Gasteiger partial charge in [0.05, 0.1) is 22.4 Å². The molecule has 0 aliphatic rings. The van der Waals surface area contributed by atoms with E-state index in [4.69, 9.17) is 0 Å². The maximum atomic E-state index is 13.3. The number of hydrogen-bond donors (Lipinski definition) is 1. The Hall–Kier alpha value is -3.29. The van der Waals surface area contributed by atoms with Gasteiger partial charge in [-0.25, -0.2) is 9.37 Å². The maximum Gasteiger partial charge on any atom is 0.269 e. The number of nitro groups is 1. The number of hydrogen-bond acceptors (Lipinski definition) is 4. The van der Waals surface area contributed by atoms with Crippen LogP contribution in [0.1, 0.15) is 11.4 Å². The maximum absolute atomic E-state index is 13.3. The second kappa shape index (κ2) is 7.30. The Balaban J connectivity index is 1.55. The van der Waals surface area contributed by atoms with Crippen LogP contribution in [0.3, 0.4) is 0 Å². The van der Waals surface area contributed by atoms with Crippen LogP contribution in [0.2, 0.25) is 0 Å². The van der Waals surface area contributed by atoms with Crippen LogP contribution in [0.15, 0.2) is 42.5 Å². The highest BCUT2D eigenvalue weighted by Gasteiger charge is 2.10. The molecule has 0 aliphatic carbocycles. The molecule has 1 heterocycles. The number of amides is 1. The lowest BCUT2D eigenvalue weighted by Gasteiger charge is -2.06. The first-order valence-corrected chi connectivity index (χ1v) is 8.05. The van der Waals surface area contributed by atoms with Gasteiger partial charge in [-0.1, -0.05) is 12.1 Å². The molecule has 1 aromatic heterocycles. The molecule has 0 unspecified atom stereocenters. The van der Waals surface area contributed by atoms with E-state index in [9.17, 15) is 19.3 Å². The molecule has 0 fully saturated rings. The number of imidazole rings is 1. The topological polar surface area (TPSA) is 90.1 Å². The summed E-state index contributed by atoms with van der Waals surface area (Å²) in [7, 11) is 1.81. The fourth-order valence-electron chi connectivity index (χ4n) is 2.73. The molecule has 2 aromatic carbocycles. The summed E-state index contributed by atoms with van der Waals surface area (Å²) >= 11 is 0. The van der Waals surface area contributed by atoms with Crippen LogP contribution in [0.5, 0.6) is 0 Å². The lowest BCUT2D eigenvalue weighted by atomic mass is 10.1. The molecule has 0 bridgehead atoms. The first-order chi connectivity index (χ1) is 12.4. The molecule has 0 spiro atoms. The van der Waals surface area contributed by atoms with Gasteiger partial charge in [-0.2, -0.15) is 0 Å². The van der Waals surface area contributed by atoms with Gasteiger partial charge in [-0.15, -0.1) is 0 Å². The molecule has 0 radical (unpaired) electrons. The number of aryl methyl sites for hydroxylation is 1. The second-order valence-electron chi connectivity index (χ2n) is 5.92. The molecule has 0 aliphatic heterocycles. The number of rotatable bonds is 6. The van der Waals surface area contributed by atoms with Crippen molar-refractivity contribution in [3.63, 3.8) is 0 Å². The fourth-order valence-corrected chi connectivity index (χ4v) is 2.73. The first kappa shape index (κ1) is 17.5. The average Bonchev–Trinajstić information content (AvgIpc) is 2.91. The summed E-state index contributed by atoms with van der Waals surface area (Å²) in [6.45, 7) is 0.394. The van der Waals surface area contributed by atoms with Crippen molar-refractivity contribution in [2.45, 2.75) is 12.8 Å². The number of nitro benzene ring substituents is 1. The minimum Gasteiger partial charge on any atom is -0.355 e. The molecule has 0 saturated heterocycles. The van der Waals surface area contributed by atoms with Crippen molar-refractivity contribution in [1.82, 2.24) is 14.9 Å². The molecule has 134 valence electrons. The van der Waals surface area contributed by atoms with E-state index in [0.717, 1.165) is 5.82 Å². The van der Waals surface area contributed by atoms with E-state index in [1.54, 1.807) is 22.8 Å². The molecule has 1 amide bonds. The van der Waals surface area contributed by atoms with Gasteiger partial charge in [0.15, 0.2) is 0 Å². The summed E-state index contributed by atoms with van der Waals surface area (Å²) < 4.78 is 15.1. The van der Waals surface area contributed by atoms with Crippen LogP contribution in [0.25, 0.3) is 11.0 Å². The van der Waals surface area contributed by atoms with Crippen molar-refractivity contribution >= 4 is 22.6 Å². The number of non-ortho nitro benzene ring substituents is 1. The van der Waals surface area contributed by atoms with E-state index < -0.39 is 4.92 Å². The summed E-state index contributed by atoms with van der Waals surface area (Å²) in [6, 6.07) is 10.3. The van der Waals surface area contributed by atoms with Crippen LogP contribution in [-0.2, 0) is 24.7 Å².